The summed E-state index contributed by atoms with van der Waals surface area (Å²) in [5.41, 5.74) is 6.20. The highest BCUT2D eigenvalue weighted by Crippen LogP contribution is 2.18. The topological polar surface area (TPSA) is 154 Å². The summed E-state index contributed by atoms with van der Waals surface area (Å²) in [7, 11) is 0. The molecule has 0 bridgehead atoms. The Hall–Kier alpha value is -1.52. The van der Waals surface area contributed by atoms with E-state index in [1.807, 2.05) is 0 Å². The molecule has 0 saturated carbocycles. The van der Waals surface area contributed by atoms with Gasteiger partial charge in [0.15, 0.2) is 0 Å². The van der Waals surface area contributed by atoms with Crippen LogP contribution in [0.5, 0.6) is 0 Å². The van der Waals surface area contributed by atoms with Crippen molar-refractivity contribution in [3.63, 3.8) is 0 Å². The van der Waals surface area contributed by atoms with E-state index in [2.05, 4.69) is 17.2 Å². The van der Waals surface area contributed by atoms with Crippen LogP contribution in [0, 0.1) is 0 Å². The Bertz CT molecular complexity index is 471. The number of carbonyl (C=O) groups is 2. The maximum atomic E-state index is 11.9. The number of rotatable bonds is 9. The van der Waals surface area contributed by atoms with Crippen molar-refractivity contribution < 1.29 is 29.6 Å². The second-order valence-corrected chi connectivity index (χ2v) is 6.25. The number of hydrogen-bond donors (Lipinski definition) is 6. The molecule has 0 radical (unpaired) electrons. The predicted octanol–water partition coefficient (Wildman–Crippen LogP) is -1.88. The van der Waals surface area contributed by atoms with Gasteiger partial charge in [-0.25, -0.2) is 0 Å². The van der Waals surface area contributed by atoms with Gasteiger partial charge in [-0.1, -0.05) is 13.0 Å². The summed E-state index contributed by atoms with van der Waals surface area (Å²) >= 11 is 0. The molecular weight excluding hydrogens is 330 g/mol. The third-order valence-corrected chi connectivity index (χ3v) is 4.03. The van der Waals surface area contributed by atoms with E-state index < -0.39 is 37.2 Å². The standard InChI is InChI=1S/C16H29N3O6/c1-9(2)15(24)18-7-5-3-4-6-11(21)19-16-12(17)14(23)13(22)10(8-20)25-16/h10,12-14,16,20,22-23H,1,3-8,17H2,2H3,(H,18,24)(H,19,21). The number of nitrogens with two attached hydrogens (primary N) is 1. The van der Waals surface area contributed by atoms with E-state index in [4.69, 9.17) is 15.6 Å². The highest BCUT2D eigenvalue weighted by atomic mass is 16.5. The Balaban J connectivity index is 2.25. The number of amides is 2. The third kappa shape index (κ3) is 6.71. The number of hydrogen-bond acceptors (Lipinski definition) is 7. The van der Waals surface area contributed by atoms with Crippen molar-refractivity contribution in [2.45, 2.75) is 63.2 Å². The van der Waals surface area contributed by atoms with Crippen molar-refractivity contribution in [1.29, 1.82) is 0 Å². The van der Waals surface area contributed by atoms with Gasteiger partial charge in [-0.2, -0.15) is 0 Å². The van der Waals surface area contributed by atoms with Crippen molar-refractivity contribution in [3.8, 4) is 0 Å². The van der Waals surface area contributed by atoms with Gasteiger partial charge in [0.2, 0.25) is 11.8 Å². The molecule has 0 aromatic heterocycles. The zero-order valence-corrected chi connectivity index (χ0v) is 14.5. The number of unbranched alkanes of at least 4 members (excludes halogenated alkanes) is 2. The minimum Gasteiger partial charge on any atom is -0.394 e. The van der Waals surface area contributed by atoms with E-state index in [0.29, 0.717) is 18.5 Å². The summed E-state index contributed by atoms with van der Waals surface area (Å²) in [5.74, 6) is -0.480. The van der Waals surface area contributed by atoms with Crippen molar-refractivity contribution in [2.75, 3.05) is 13.2 Å². The summed E-state index contributed by atoms with van der Waals surface area (Å²) in [6.07, 6.45) is -2.23. The molecule has 0 aromatic rings. The number of ether oxygens (including phenoxy) is 1. The lowest BCUT2D eigenvalue weighted by atomic mass is 9.97. The van der Waals surface area contributed by atoms with Gasteiger partial charge in [0.05, 0.1) is 12.6 Å². The smallest absolute Gasteiger partial charge is 0.246 e. The molecule has 0 spiro atoms. The van der Waals surface area contributed by atoms with E-state index in [1.54, 1.807) is 6.92 Å². The van der Waals surface area contributed by atoms with E-state index in [-0.39, 0.29) is 18.2 Å². The lowest BCUT2D eigenvalue weighted by Gasteiger charge is -2.40. The molecule has 0 aliphatic carbocycles. The molecule has 1 aliphatic rings. The van der Waals surface area contributed by atoms with Crippen LogP contribution in [0.15, 0.2) is 12.2 Å². The monoisotopic (exact) mass is 359 g/mol. The second-order valence-electron chi connectivity index (χ2n) is 6.25. The van der Waals surface area contributed by atoms with Crippen LogP contribution in [0.25, 0.3) is 0 Å². The molecular formula is C16H29N3O6. The van der Waals surface area contributed by atoms with Crippen LogP contribution in [-0.2, 0) is 14.3 Å². The summed E-state index contributed by atoms with van der Waals surface area (Å²) in [6, 6.07) is -0.987. The van der Waals surface area contributed by atoms with Crippen molar-refractivity contribution in [1.82, 2.24) is 10.6 Å². The Morgan fingerprint density at radius 2 is 1.88 bits per heavy atom. The van der Waals surface area contributed by atoms with E-state index in [9.17, 15) is 19.8 Å². The van der Waals surface area contributed by atoms with Crippen LogP contribution >= 0.6 is 0 Å². The largest absolute Gasteiger partial charge is 0.394 e. The number of aliphatic hydroxyl groups excluding tert-OH is 3. The van der Waals surface area contributed by atoms with E-state index >= 15 is 0 Å². The fraction of sp³-hybridized carbons (Fsp3) is 0.750. The first-order chi connectivity index (χ1) is 11.8. The lowest BCUT2D eigenvalue weighted by molar-refractivity contribution is -0.197. The van der Waals surface area contributed by atoms with Gasteiger partial charge in [0.25, 0.3) is 0 Å². The fourth-order valence-electron chi connectivity index (χ4n) is 2.44. The first-order valence-electron chi connectivity index (χ1n) is 8.39. The average Bonchev–Trinajstić information content (AvgIpc) is 2.58. The quantitative estimate of drug-likeness (QED) is 0.208. The maximum absolute atomic E-state index is 11.9. The van der Waals surface area contributed by atoms with Crippen LogP contribution < -0.4 is 16.4 Å². The zero-order valence-electron chi connectivity index (χ0n) is 14.5. The van der Waals surface area contributed by atoms with Crippen LogP contribution in [0.3, 0.4) is 0 Å². The normalized spacial score (nSPS) is 29.1. The van der Waals surface area contributed by atoms with Gasteiger partial charge in [0, 0.05) is 18.5 Å². The van der Waals surface area contributed by atoms with Gasteiger partial charge < -0.3 is 36.4 Å². The van der Waals surface area contributed by atoms with Crippen LogP contribution in [0.1, 0.15) is 32.6 Å². The van der Waals surface area contributed by atoms with Gasteiger partial charge in [-0.15, -0.1) is 0 Å². The molecule has 9 heteroatoms. The molecule has 1 fully saturated rings. The summed E-state index contributed by atoms with van der Waals surface area (Å²) < 4.78 is 5.32. The highest BCUT2D eigenvalue weighted by Gasteiger charge is 2.42. The molecule has 25 heavy (non-hydrogen) atoms. The van der Waals surface area contributed by atoms with E-state index in [1.165, 1.54) is 0 Å². The van der Waals surface area contributed by atoms with Crippen molar-refractivity contribution in [3.05, 3.63) is 12.2 Å². The average molecular weight is 359 g/mol. The first kappa shape index (κ1) is 21.5. The fourth-order valence-corrected chi connectivity index (χ4v) is 2.44. The minimum atomic E-state index is -1.30. The minimum absolute atomic E-state index is 0.180. The molecule has 5 atom stereocenters. The molecule has 2 amide bonds. The molecule has 0 aromatic carbocycles. The molecule has 1 rings (SSSR count). The van der Waals surface area contributed by atoms with Gasteiger partial charge in [0.1, 0.15) is 24.5 Å². The molecule has 7 N–H and O–H groups in total. The van der Waals surface area contributed by atoms with Crippen LogP contribution in [0.4, 0.5) is 0 Å². The number of aliphatic hydroxyl groups is 3. The van der Waals surface area contributed by atoms with Crippen LogP contribution in [0.2, 0.25) is 0 Å². The second kappa shape index (κ2) is 10.5. The first-order valence-corrected chi connectivity index (χ1v) is 8.39. The van der Waals surface area contributed by atoms with Gasteiger partial charge in [-0.3, -0.25) is 9.59 Å². The Morgan fingerprint density at radius 1 is 1.20 bits per heavy atom. The van der Waals surface area contributed by atoms with Gasteiger partial charge in [-0.05, 0) is 19.8 Å². The SMILES string of the molecule is C=C(C)C(=O)NCCCCCC(=O)NC1OC(CO)C(O)C(O)C1N. The summed E-state index contributed by atoms with van der Waals surface area (Å²) in [6.45, 7) is 5.20. The number of nitrogens with one attached hydrogen (secondary N) is 2. The predicted molar refractivity (Wildman–Crippen MR) is 90.2 cm³/mol. The molecule has 1 aliphatic heterocycles. The molecule has 144 valence electrons. The summed E-state index contributed by atoms with van der Waals surface area (Å²) in [4.78, 5) is 23.2. The molecule has 5 unspecified atom stereocenters. The Morgan fingerprint density at radius 3 is 2.48 bits per heavy atom. The summed E-state index contributed by atoms with van der Waals surface area (Å²) in [5, 5.41) is 33.9. The van der Waals surface area contributed by atoms with Gasteiger partial charge >= 0.3 is 0 Å². The zero-order chi connectivity index (χ0) is 19.0. The third-order valence-electron chi connectivity index (χ3n) is 4.03. The van der Waals surface area contributed by atoms with Crippen molar-refractivity contribution in [2.24, 2.45) is 5.73 Å². The van der Waals surface area contributed by atoms with Crippen LogP contribution in [-0.4, -0.2) is 70.9 Å². The molecule has 9 nitrogen and oxygen atoms in total. The van der Waals surface area contributed by atoms with E-state index in [0.717, 1.165) is 12.8 Å². The van der Waals surface area contributed by atoms with Crippen molar-refractivity contribution >= 4 is 11.8 Å². The lowest BCUT2D eigenvalue weighted by Crippen LogP contribution is -2.66. The Labute approximate surface area is 147 Å². The highest BCUT2D eigenvalue weighted by molar-refractivity contribution is 5.91. The number of carbonyl (C=O) groups excluding carboxylic acids is 2. The molecule has 1 saturated heterocycles. The Kier molecular flexibility index (Phi) is 9.01. The maximum Gasteiger partial charge on any atom is 0.246 e. The molecule has 1 heterocycles.